The van der Waals surface area contributed by atoms with Gasteiger partial charge in [0.1, 0.15) is 17.3 Å². The highest BCUT2D eigenvalue weighted by Crippen LogP contribution is 2.43. The SMILES string of the molecule is C=CC(=O)N1CCN(c2nc(=O)n(-c3c(C)ccnc3C(C)C)c3c2C=C(F)C(=C2C(=O)C=CC=C2F)N3O)[C@@H](C)C1. The van der Waals surface area contributed by atoms with Gasteiger partial charge in [-0.2, -0.15) is 4.98 Å². The van der Waals surface area contributed by atoms with Gasteiger partial charge < -0.3 is 9.80 Å². The molecule has 0 spiro atoms. The third-order valence-corrected chi connectivity index (χ3v) is 7.52. The molecule has 0 unspecified atom stereocenters. The first kappa shape index (κ1) is 28.8. The van der Waals surface area contributed by atoms with Crippen LogP contribution in [-0.2, 0) is 9.59 Å². The van der Waals surface area contributed by atoms with E-state index in [1.165, 1.54) is 12.2 Å². The van der Waals surface area contributed by atoms with Crippen LogP contribution in [0, 0.1) is 6.92 Å². The van der Waals surface area contributed by atoms with Gasteiger partial charge in [0.2, 0.25) is 5.91 Å². The van der Waals surface area contributed by atoms with Gasteiger partial charge in [0, 0.05) is 31.9 Å². The van der Waals surface area contributed by atoms with Crippen molar-refractivity contribution >= 4 is 29.4 Å². The molecular formula is C30H30F2N6O4. The molecule has 0 aromatic carbocycles. The number of aryl methyl sites for hydroxylation is 1. The summed E-state index contributed by atoms with van der Waals surface area (Å²) in [5.74, 6) is -3.55. The van der Waals surface area contributed by atoms with Gasteiger partial charge in [0.05, 0.1) is 22.5 Å². The van der Waals surface area contributed by atoms with Crippen LogP contribution in [0.3, 0.4) is 0 Å². The predicted molar refractivity (Wildman–Crippen MR) is 154 cm³/mol. The summed E-state index contributed by atoms with van der Waals surface area (Å²) in [6.45, 7) is 11.7. The van der Waals surface area contributed by atoms with Gasteiger partial charge in [-0.3, -0.25) is 19.8 Å². The van der Waals surface area contributed by atoms with E-state index in [2.05, 4.69) is 16.5 Å². The minimum atomic E-state index is -1.10. The highest BCUT2D eigenvalue weighted by Gasteiger charge is 2.38. The number of carbonyl (C=O) groups excluding carboxylic acids is 2. The van der Waals surface area contributed by atoms with Crippen LogP contribution in [-0.4, -0.2) is 62.0 Å². The Morgan fingerprint density at radius 1 is 1.21 bits per heavy atom. The highest BCUT2D eigenvalue weighted by molar-refractivity contribution is 6.10. The van der Waals surface area contributed by atoms with E-state index in [1.807, 2.05) is 20.8 Å². The molecule has 1 saturated heterocycles. The molecule has 5 rings (SSSR count). The number of anilines is 2. The first-order chi connectivity index (χ1) is 20.0. The maximum Gasteiger partial charge on any atom is 0.355 e. The molecule has 2 aromatic rings. The Morgan fingerprint density at radius 2 is 1.95 bits per heavy atom. The van der Waals surface area contributed by atoms with Gasteiger partial charge in [0.15, 0.2) is 17.4 Å². The fourth-order valence-corrected chi connectivity index (χ4v) is 5.52. The Hall–Kier alpha value is -4.71. The number of ketones is 1. The Balaban J connectivity index is 1.81. The first-order valence-electron chi connectivity index (χ1n) is 13.5. The number of aromatic nitrogens is 3. The number of hydrogen-bond donors (Lipinski definition) is 1. The number of hydroxylamine groups is 1. The van der Waals surface area contributed by atoms with Crippen LogP contribution in [0.5, 0.6) is 0 Å². The third-order valence-electron chi connectivity index (χ3n) is 7.52. The van der Waals surface area contributed by atoms with Crippen LogP contribution in [0.2, 0.25) is 0 Å². The summed E-state index contributed by atoms with van der Waals surface area (Å²) in [7, 11) is 0. The molecule has 1 N–H and O–H groups in total. The zero-order chi connectivity index (χ0) is 30.5. The lowest BCUT2D eigenvalue weighted by molar-refractivity contribution is -0.126. The van der Waals surface area contributed by atoms with E-state index in [1.54, 1.807) is 29.0 Å². The van der Waals surface area contributed by atoms with E-state index >= 15 is 4.39 Å². The van der Waals surface area contributed by atoms with Crippen LogP contribution in [0.25, 0.3) is 11.8 Å². The molecule has 0 bridgehead atoms. The van der Waals surface area contributed by atoms with Crippen LogP contribution < -0.4 is 15.7 Å². The van der Waals surface area contributed by atoms with Crippen molar-refractivity contribution in [2.75, 3.05) is 29.6 Å². The van der Waals surface area contributed by atoms with Crippen LogP contribution in [0.1, 0.15) is 43.5 Å². The second-order valence-electron chi connectivity index (χ2n) is 10.6. The van der Waals surface area contributed by atoms with Crippen molar-refractivity contribution in [3.63, 3.8) is 0 Å². The molecule has 12 heteroatoms. The molecule has 1 aliphatic carbocycles. The second kappa shape index (κ2) is 10.9. The maximum absolute atomic E-state index is 15.9. The van der Waals surface area contributed by atoms with E-state index in [0.29, 0.717) is 22.0 Å². The third kappa shape index (κ3) is 4.67. The number of halogens is 2. The minimum Gasteiger partial charge on any atom is -0.350 e. The second-order valence-corrected chi connectivity index (χ2v) is 10.6. The van der Waals surface area contributed by atoms with Crippen LogP contribution in [0.15, 0.2) is 70.9 Å². The zero-order valence-corrected chi connectivity index (χ0v) is 23.6. The van der Waals surface area contributed by atoms with E-state index in [-0.39, 0.29) is 54.7 Å². The lowest BCUT2D eigenvalue weighted by atomic mass is 9.98. The largest absolute Gasteiger partial charge is 0.355 e. The van der Waals surface area contributed by atoms with E-state index < -0.39 is 34.4 Å². The molecule has 4 heterocycles. The van der Waals surface area contributed by atoms with E-state index in [0.717, 1.165) is 22.8 Å². The average molecular weight is 577 g/mol. The summed E-state index contributed by atoms with van der Waals surface area (Å²) >= 11 is 0. The maximum atomic E-state index is 15.9. The predicted octanol–water partition coefficient (Wildman–Crippen LogP) is 4.05. The molecule has 42 heavy (non-hydrogen) atoms. The monoisotopic (exact) mass is 576 g/mol. The first-order valence-corrected chi connectivity index (χ1v) is 13.5. The number of hydrogen-bond acceptors (Lipinski definition) is 8. The summed E-state index contributed by atoms with van der Waals surface area (Å²) in [4.78, 5) is 51.0. The van der Waals surface area contributed by atoms with Crippen molar-refractivity contribution in [3.8, 4) is 5.69 Å². The van der Waals surface area contributed by atoms with Gasteiger partial charge in [-0.15, -0.1) is 0 Å². The molecule has 218 valence electrons. The van der Waals surface area contributed by atoms with E-state index in [9.17, 15) is 24.0 Å². The number of rotatable bonds is 4. The molecule has 0 saturated carbocycles. The van der Waals surface area contributed by atoms with Gasteiger partial charge in [-0.1, -0.05) is 26.5 Å². The van der Waals surface area contributed by atoms with Gasteiger partial charge >= 0.3 is 5.69 Å². The topological polar surface area (TPSA) is 112 Å². The van der Waals surface area contributed by atoms with Crippen LogP contribution in [0.4, 0.5) is 20.4 Å². The Labute approximate surface area is 240 Å². The lowest BCUT2D eigenvalue weighted by Crippen LogP contribution is -2.54. The van der Waals surface area contributed by atoms with Crippen LogP contribution >= 0.6 is 0 Å². The molecule has 10 nitrogen and oxygen atoms in total. The summed E-state index contributed by atoms with van der Waals surface area (Å²) in [5, 5.41) is 12.0. The summed E-state index contributed by atoms with van der Waals surface area (Å²) in [6.07, 6.45) is 7.08. The Kier molecular flexibility index (Phi) is 7.50. The minimum absolute atomic E-state index is 0.0374. The van der Waals surface area contributed by atoms with Crippen molar-refractivity contribution in [2.24, 2.45) is 0 Å². The van der Waals surface area contributed by atoms with Crippen molar-refractivity contribution < 1.29 is 23.6 Å². The molecule has 2 aromatic heterocycles. The molecule has 2 aliphatic heterocycles. The summed E-state index contributed by atoms with van der Waals surface area (Å²) < 4.78 is 32.0. The van der Waals surface area contributed by atoms with Crippen molar-refractivity contribution in [1.29, 1.82) is 0 Å². The standard InChI is InChI=1S/C30H30F2N6O4/c1-6-23(40)35-12-13-36(18(5)15-35)28-19-14-21(32)27(24-20(31)8-7-9-22(24)39)38(42)29(19)37(30(41)34-28)26-17(4)10-11-33-25(26)16(2)3/h6-11,14,16,18,42H,1,12-13,15H2,2-5H3/t18-/m0/s1. The normalized spacial score (nSPS) is 20.5. The number of piperazine rings is 1. The number of carbonyl (C=O) groups is 2. The molecule has 1 fully saturated rings. The number of allylic oxidation sites excluding steroid dienone is 6. The summed E-state index contributed by atoms with van der Waals surface area (Å²) in [5.41, 5.74) is -0.727. The van der Waals surface area contributed by atoms with E-state index in [4.69, 9.17) is 0 Å². The molecule has 0 radical (unpaired) electrons. The Bertz CT molecular complexity index is 1700. The number of fused-ring (bicyclic) bond motifs is 1. The van der Waals surface area contributed by atoms with Gasteiger partial charge in [0.25, 0.3) is 0 Å². The number of nitrogens with zero attached hydrogens (tertiary/aromatic N) is 6. The van der Waals surface area contributed by atoms with Crippen molar-refractivity contribution in [1.82, 2.24) is 19.4 Å². The Morgan fingerprint density at radius 3 is 2.60 bits per heavy atom. The quantitative estimate of drug-likeness (QED) is 0.543. The fourth-order valence-electron chi connectivity index (χ4n) is 5.52. The molecule has 3 aliphatic rings. The molecule has 1 amide bonds. The molecular weight excluding hydrogens is 546 g/mol. The summed E-state index contributed by atoms with van der Waals surface area (Å²) in [6, 6.07) is 1.33. The van der Waals surface area contributed by atoms with Crippen molar-refractivity contribution in [3.05, 3.63) is 93.4 Å². The lowest BCUT2D eigenvalue weighted by Gasteiger charge is -2.41. The number of amides is 1. The average Bonchev–Trinajstić information content (AvgIpc) is 2.94. The molecule has 1 atom stereocenters. The van der Waals surface area contributed by atoms with Crippen molar-refractivity contribution in [2.45, 2.75) is 39.7 Å². The zero-order valence-electron chi connectivity index (χ0n) is 23.6. The highest BCUT2D eigenvalue weighted by atomic mass is 19.1. The smallest absolute Gasteiger partial charge is 0.350 e. The number of pyridine rings is 1. The fraction of sp³-hybridized carbons (Fsp3) is 0.300. The van der Waals surface area contributed by atoms with Gasteiger partial charge in [-0.05, 0) is 55.7 Å². The van der Waals surface area contributed by atoms with Gasteiger partial charge in [-0.25, -0.2) is 23.2 Å².